The summed E-state index contributed by atoms with van der Waals surface area (Å²) in [6.45, 7) is 0.251. The maximum absolute atomic E-state index is 5.91. The van der Waals surface area contributed by atoms with Crippen molar-refractivity contribution in [2.75, 3.05) is 7.11 Å². The Balaban J connectivity index is 3.37. The van der Waals surface area contributed by atoms with Crippen LogP contribution in [0.3, 0.4) is 0 Å². The predicted molar refractivity (Wildman–Crippen MR) is 55.9 cm³/mol. The molecule has 0 aromatic heterocycles. The molecule has 0 amide bonds. The summed E-state index contributed by atoms with van der Waals surface area (Å²) in [4.78, 5) is 0. The van der Waals surface area contributed by atoms with E-state index in [-0.39, 0.29) is 6.54 Å². The molecule has 0 atom stereocenters. The third-order valence-corrected chi connectivity index (χ3v) is 2.87. The van der Waals surface area contributed by atoms with Gasteiger partial charge in [-0.25, -0.2) is 0 Å². The van der Waals surface area contributed by atoms with Gasteiger partial charge < -0.3 is 10.5 Å². The molecule has 0 spiro atoms. The molecular weight excluding hydrogens is 232 g/mol. The van der Waals surface area contributed by atoms with Crippen LogP contribution in [0.4, 0.5) is 0 Å². The largest absolute Gasteiger partial charge is 0.495 e. The van der Waals surface area contributed by atoms with E-state index < -0.39 is 0 Å². The second kappa shape index (κ2) is 4.38. The van der Waals surface area contributed by atoms with Crippen molar-refractivity contribution in [1.82, 2.24) is 0 Å². The molecule has 0 saturated carbocycles. The SMILES string of the molecule is COc1cc(Cl)c(CN)c(Cl)c1Cl. The molecule has 0 radical (unpaired) electrons. The molecule has 1 aromatic carbocycles. The molecule has 1 aromatic rings. The Hall–Kier alpha value is -0.150. The van der Waals surface area contributed by atoms with Gasteiger partial charge in [-0.15, -0.1) is 0 Å². The van der Waals surface area contributed by atoms with E-state index in [0.717, 1.165) is 0 Å². The van der Waals surface area contributed by atoms with E-state index in [1.807, 2.05) is 0 Å². The highest BCUT2D eigenvalue weighted by atomic mass is 35.5. The minimum Gasteiger partial charge on any atom is -0.495 e. The standard InChI is InChI=1S/C8H8Cl3NO/c1-13-6-2-5(9)4(3-12)7(10)8(6)11/h2H,3,12H2,1H3. The van der Waals surface area contributed by atoms with Crippen molar-refractivity contribution in [3.63, 3.8) is 0 Å². The van der Waals surface area contributed by atoms with E-state index in [2.05, 4.69) is 0 Å². The molecule has 2 nitrogen and oxygen atoms in total. The molecule has 0 aliphatic heterocycles. The number of hydrogen-bond donors (Lipinski definition) is 1. The first-order valence-corrected chi connectivity index (χ1v) is 4.65. The fourth-order valence-corrected chi connectivity index (χ4v) is 1.78. The van der Waals surface area contributed by atoms with Gasteiger partial charge in [-0.1, -0.05) is 34.8 Å². The molecule has 0 heterocycles. The average Bonchev–Trinajstić information content (AvgIpc) is 2.12. The van der Waals surface area contributed by atoms with Crippen molar-refractivity contribution in [1.29, 1.82) is 0 Å². The van der Waals surface area contributed by atoms with Crippen molar-refractivity contribution >= 4 is 34.8 Å². The van der Waals surface area contributed by atoms with Crippen LogP contribution < -0.4 is 10.5 Å². The van der Waals surface area contributed by atoms with Crippen LogP contribution in [0.25, 0.3) is 0 Å². The van der Waals surface area contributed by atoms with Gasteiger partial charge in [0.05, 0.1) is 17.2 Å². The zero-order valence-electron chi connectivity index (χ0n) is 6.90. The van der Waals surface area contributed by atoms with Crippen molar-refractivity contribution < 1.29 is 4.74 Å². The van der Waals surface area contributed by atoms with Gasteiger partial charge in [-0.05, 0) is 0 Å². The smallest absolute Gasteiger partial charge is 0.140 e. The molecule has 72 valence electrons. The highest BCUT2D eigenvalue weighted by Crippen LogP contribution is 2.38. The summed E-state index contributed by atoms with van der Waals surface area (Å²) < 4.78 is 4.96. The summed E-state index contributed by atoms with van der Waals surface area (Å²) in [5.74, 6) is 0.453. The van der Waals surface area contributed by atoms with Crippen LogP contribution in [0.15, 0.2) is 6.07 Å². The van der Waals surface area contributed by atoms with Crippen LogP contribution in [0, 0.1) is 0 Å². The molecule has 0 fully saturated rings. The summed E-state index contributed by atoms with van der Waals surface area (Å²) in [5, 5.41) is 1.16. The Morgan fingerprint density at radius 1 is 1.31 bits per heavy atom. The van der Waals surface area contributed by atoms with Crippen molar-refractivity contribution in [2.45, 2.75) is 6.54 Å². The van der Waals surface area contributed by atoms with Gasteiger partial charge in [0.15, 0.2) is 0 Å². The fourth-order valence-electron chi connectivity index (χ4n) is 0.947. The van der Waals surface area contributed by atoms with E-state index in [9.17, 15) is 0 Å². The number of hydrogen-bond acceptors (Lipinski definition) is 2. The highest BCUT2D eigenvalue weighted by molar-refractivity contribution is 6.45. The summed E-state index contributed by atoms with van der Waals surface area (Å²) in [7, 11) is 1.50. The Bertz CT molecular complexity index is 328. The summed E-state index contributed by atoms with van der Waals surface area (Å²) in [5.41, 5.74) is 6.08. The zero-order chi connectivity index (χ0) is 10.0. The Morgan fingerprint density at radius 2 is 1.92 bits per heavy atom. The van der Waals surface area contributed by atoms with Gasteiger partial charge in [0.2, 0.25) is 0 Å². The van der Waals surface area contributed by atoms with Crippen LogP contribution in [0.5, 0.6) is 5.75 Å². The number of ether oxygens (including phenoxy) is 1. The first kappa shape index (κ1) is 10.9. The molecule has 0 aliphatic rings. The normalized spacial score (nSPS) is 10.2. The van der Waals surface area contributed by atoms with Crippen molar-refractivity contribution in [3.05, 3.63) is 26.7 Å². The van der Waals surface area contributed by atoms with Gasteiger partial charge >= 0.3 is 0 Å². The first-order valence-electron chi connectivity index (χ1n) is 3.52. The van der Waals surface area contributed by atoms with E-state index in [4.69, 9.17) is 45.3 Å². The molecule has 5 heteroatoms. The van der Waals surface area contributed by atoms with Crippen molar-refractivity contribution in [2.24, 2.45) is 5.73 Å². The molecule has 13 heavy (non-hydrogen) atoms. The first-order chi connectivity index (χ1) is 6.11. The highest BCUT2D eigenvalue weighted by Gasteiger charge is 2.13. The summed E-state index contributed by atoms with van der Waals surface area (Å²) >= 11 is 17.7. The number of benzene rings is 1. The third-order valence-electron chi connectivity index (χ3n) is 1.64. The predicted octanol–water partition coefficient (Wildman–Crippen LogP) is 3.11. The Kier molecular flexibility index (Phi) is 3.68. The number of rotatable bonds is 2. The lowest BCUT2D eigenvalue weighted by Gasteiger charge is -2.10. The van der Waals surface area contributed by atoms with Gasteiger partial charge in [-0.3, -0.25) is 0 Å². The van der Waals surface area contributed by atoms with Crippen LogP contribution in [-0.4, -0.2) is 7.11 Å². The molecule has 0 unspecified atom stereocenters. The second-order valence-electron chi connectivity index (χ2n) is 2.37. The zero-order valence-corrected chi connectivity index (χ0v) is 9.17. The Morgan fingerprint density at radius 3 is 2.38 bits per heavy atom. The number of nitrogens with two attached hydrogens (primary N) is 1. The minimum atomic E-state index is 0.251. The topological polar surface area (TPSA) is 35.2 Å². The number of halogens is 3. The average molecular weight is 241 g/mol. The lowest BCUT2D eigenvalue weighted by atomic mass is 10.2. The van der Waals surface area contributed by atoms with Gasteiger partial charge in [0.1, 0.15) is 10.8 Å². The van der Waals surface area contributed by atoms with Gasteiger partial charge in [-0.2, -0.15) is 0 Å². The molecule has 2 N–H and O–H groups in total. The maximum Gasteiger partial charge on any atom is 0.140 e. The van der Waals surface area contributed by atoms with Crippen LogP contribution in [0.2, 0.25) is 15.1 Å². The molecule has 0 aliphatic carbocycles. The third kappa shape index (κ3) is 2.02. The van der Waals surface area contributed by atoms with E-state index in [1.165, 1.54) is 7.11 Å². The Labute approximate surface area is 91.5 Å². The number of methoxy groups -OCH3 is 1. The van der Waals surface area contributed by atoms with Crippen LogP contribution in [0.1, 0.15) is 5.56 Å². The van der Waals surface area contributed by atoms with E-state index >= 15 is 0 Å². The van der Waals surface area contributed by atoms with Crippen molar-refractivity contribution in [3.8, 4) is 5.75 Å². The monoisotopic (exact) mass is 239 g/mol. The van der Waals surface area contributed by atoms with Gasteiger partial charge in [0.25, 0.3) is 0 Å². The summed E-state index contributed by atoms with van der Waals surface area (Å²) in [6.07, 6.45) is 0. The van der Waals surface area contributed by atoms with Gasteiger partial charge in [0, 0.05) is 18.2 Å². The van der Waals surface area contributed by atoms with E-state index in [1.54, 1.807) is 6.07 Å². The lowest BCUT2D eigenvalue weighted by molar-refractivity contribution is 0.415. The molecule has 0 saturated heterocycles. The second-order valence-corrected chi connectivity index (χ2v) is 3.53. The fraction of sp³-hybridized carbons (Fsp3) is 0.250. The minimum absolute atomic E-state index is 0.251. The quantitative estimate of drug-likeness (QED) is 0.806. The molecular formula is C8H8Cl3NO. The molecule has 1 rings (SSSR count). The lowest BCUT2D eigenvalue weighted by Crippen LogP contribution is -1.99. The maximum atomic E-state index is 5.91. The van der Waals surface area contributed by atoms with Crippen LogP contribution >= 0.6 is 34.8 Å². The van der Waals surface area contributed by atoms with Crippen LogP contribution in [-0.2, 0) is 6.54 Å². The summed E-state index contributed by atoms with van der Waals surface area (Å²) in [6, 6.07) is 1.60. The van der Waals surface area contributed by atoms with E-state index in [0.29, 0.717) is 26.4 Å². The molecule has 0 bridgehead atoms.